The molecule has 0 radical (unpaired) electrons. The van der Waals surface area contributed by atoms with Gasteiger partial charge in [0.1, 0.15) is 6.33 Å². The molecule has 2 unspecified atom stereocenters. The average Bonchev–Trinajstić information content (AvgIpc) is 3.24. The molecule has 4 aliphatic rings. The van der Waals surface area contributed by atoms with Crippen LogP contribution in [-0.4, -0.2) is 30.5 Å². The lowest BCUT2D eigenvalue weighted by Gasteiger charge is -2.60. The van der Waals surface area contributed by atoms with Gasteiger partial charge in [-0.1, -0.05) is 11.6 Å². The van der Waals surface area contributed by atoms with Gasteiger partial charge in [0.05, 0.1) is 34.4 Å². The fourth-order valence-electron chi connectivity index (χ4n) is 6.41. The van der Waals surface area contributed by atoms with Crippen molar-refractivity contribution in [3.05, 3.63) is 28.5 Å². The lowest BCUT2D eigenvalue weighted by Crippen LogP contribution is -2.61. The molecule has 2 aromatic heterocycles. The predicted octanol–water partition coefficient (Wildman–Crippen LogP) is 3.41. The van der Waals surface area contributed by atoms with Crippen LogP contribution in [0.25, 0.3) is 0 Å². The summed E-state index contributed by atoms with van der Waals surface area (Å²) >= 11 is 12.3. The number of aromatic nitrogens is 5. The summed E-state index contributed by atoms with van der Waals surface area (Å²) in [6, 6.07) is 0. The first-order chi connectivity index (χ1) is 13.4. The summed E-state index contributed by atoms with van der Waals surface area (Å²) in [5.74, 6) is 1.25. The number of halogens is 2. The van der Waals surface area contributed by atoms with Crippen molar-refractivity contribution in [3.63, 3.8) is 0 Å². The highest BCUT2D eigenvalue weighted by atomic mass is 35.5. The minimum Gasteiger partial charge on any atom is -0.350 e. The van der Waals surface area contributed by atoms with E-state index in [1.54, 1.807) is 12.5 Å². The first kappa shape index (κ1) is 18.4. The average molecular weight is 423 g/mol. The summed E-state index contributed by atoms with van der Waals surface area (Å²) in [4.78, 5) is 17.6. The molecule has 150 valence electrons. The van der Waals surface area contributed by atoms with Crippen LogP contribution < -0.4 is 5.32 Å². The van der Waals surface area contributed by atoms with Gasteiger partial charge < -0.3 is 5.32 Å². The Morgan fingerprint density at radius 2 is 2.04 bits per heavy atom. The molecule has 4 bridgehead atoms. The van der Waals surface area contributed by atoms with E-state index in [2.05, 4.69) is 20.5 Å². The first-order valence-electron chi connectivity index (χ1n) is 9.99. The molecule has 0 aromatic carbocycles. The normalized spacial score (nSPS) is 33.4. The van der Waals surface area contributed by atoms with E-state index in [0.717, 1.165) is 44.3 Å². The summed E-state index contributed by atoms with van der Waals surface area (Å²) < 4.78 is 3.78. The first-order valence-corrected chi connectivity index (χ1v) is 10.7. The zero-order valence-corrected chi connectivity index (χ0v) is 17.4. The van der Waals surface area contributed by atoms with Crippen molar-refractivity contribution >= 4 is 29.1 Å². The molecule has 4 saturated carbocycles. The Bertz CT molecular complexity index is 907. The van der Waals surface area contributed by atoms with Gasteiger partial charge in [-0.2, -0.15) is 5.10 Å². The highest BCUT2D eigenvalue weighted by molar-refractivity contribution is 6.31. The second kappa shape index (κ2) is 6.46. The van der Waals surface area contributed by atoms with Gasteiger partial charge in [-0.05, 0) is 68.9 Å². The van der Waals surface area contributed by atoms with Gasteiger partial charge in [0.25, 0.3) is 0 Å². The Morgan fingerprint density at radius 3 is 2.68 bits per heavy atom. The zero-order chi connectivity index (χ0) is 19.5. The highest BCUT2D eigenvalue weighted by Crippen LogP contribution is 2.64. The maximum Gasteiger partial charge on any atom is 0.242 e. The number of rotatable bonds is 5. The van der Waals surface area contributed by atoms with Crippen LogP contribution in [0.4, 0.5) is 0 Å². The standard InChI is InChI=1S/C19H24Cl2N6O/c1-2-26-15(14(20)8-24-26)9-22-16(28)18-4-12-3-13(5-18)7-19(6-12,10-18)27-11-23-17(21)25-27/h8,11-13H,2-7,9-10H2,1H3,(H,22,28). The van der Waals surface area contributed by atoms with Gasteiger partial charge in [-0.25, -0.2) is 9.67 Å². The molecule has 1 amide bonds. The van der Waals surface area contributed by atoms with Gasteiger partial charge in [0, 0.05) is 6.54 Å². The van der Waals surface area contributed by atoms with Crippen molar-refractivity contribution in [1.82, 2.24) is 29.9 Å². The van der Waals surface area contributed by atoms with E-state index in [1.165, 1.54) is 6.42 Å². The fourth-order valence-corrected chi connectivity index (χ4v) is 6.74. The molecule has 4 fully saturated rings. The third-order valence-electron chi connectivity index (χ3n) is 7.08. The Kier molecular flexibility index (Phi) is 4.25. The lowest BCUT2D eigenvalue weighted by molar-refractivity contribution is -0.156. The van der Waals surface area contributed by atoms with Crippen LogP contribution >= 0.6 is 23.2 Å². The summed E-state index contributed by atoms with van der Waals surface area (Å²) in [5, 5.41) is 12.7. The van der Waals surface area contributed by atoms with Crippen LogP contribution in [0.2, 0.25) is 10.3 Å². The topological polar surface area (TPSA) is 77.6 Å². The Labute approximate surface area is 173 Å². The van der Waals surface area contributed by atoms with Crippen LogP contribution in [0, 0.1) is 17.3 Å². The van der Waals surface area contributed by atoms with E-state index in [-0.39, 0.29) is 22.1 Å². The maximum absolute atomic E-state index is 13.4. The van der Waals surface area contributed by atoms with Crippen LogP contribution in [-0.2, 0) is 23.4 Å². The van der Waals surface area contributed by atoms with Crippen molar-refractivity contribution in [2.24, 2.45) is 17.3 Å². The zero-order valence-electron chi connectivity index (χ0n) is 15.9. The predicted molar refractivity (Wildman–Crippen MR) is 105 cm³/mol. The molecule has 0 saturated heterocycles. The number of hydrogen-bond donors (Lipinski definition) is 1. The summed E-state index contributed by atoms with van der Waals surface area (Å²) in [6.07, 6.45) is 9.44. The van der Waals surface area contributed by atoms with Gasteiger partial charge in [0.15, 0.2) is 0 Å². The second-order valence-corrected chi connectivity index (χ2v) is 9.61. The Morgan fingerprint density at radius 1 is 1.29 bits per heavy atom. The Balaban J connectivity index is 1.40. The maximum atomic E-state index is 13.4. The molecule has 7 nitrogen and oxygen atoms in total. The summed E-state index contributed by atoms with van der Waals surface area (Å²) in [5.41, 5.74) is 0.385. The molecule has 2 atom stereocenters. The summed E-state index contributed by atoms with van der Waals surface area (Å²) in [6.45, 7) is 3.15. The van der Waals surface area contributed by atoms with Crippen LogP contribution in [0.1, 0.15) is 51.1 Å². The van der Waals surface area contributed by atoms with Crippen LogP contribution in [0.3, 0.4) is 0 Å². The van der Waals surface area contributed by atoms with E-state index in [4.69, 9.17) is 23.2 Å². The minimum atomic E-state index is -0.341. The molecule has 0 aliphatic heterocycles. The number of nitrogens with zero attached hydrogens (tertiary/aromatic N) is 5. The molecule has 4 aliphatic carbocycles. The minimum absolute atomic E-state index is 0.135. The van der Waals surface area contributed by atoms with Crippen molar-refractivity contribution in [1.29, 1.82) is 0 Å². The molecular weight excluding hydrogens is 399 g/mol. The summed E-state index contributed by atoms with van der Waals surface area (Å²) in [7, 11) is 0. The number of aryl methyl sites for hydroxylation is 1. The molecule has 1 N–H and O–H groups in total. The number of nitrogens with one attached hydrogen (secondary N) is 1. The van der Waals surface area contributed by atoms with Gasteiger partial charge in [0.2, 0.25) is 11.2 Å². The van der Waals surface area contributed by atoms with Gasteiger partial charge >= 0.3 is 0 Å². The number of carbonyl (C=O) groups excluding carboxylic acids is 1. The van der Waals surface area contributed by atoms with Gasteiger partial charge in [-0.3, -0.25) is 9.48 Å². The fraction of sp³-hybridized carbons (Fsp3) is 0.684. The molecule has 2 heterocycles. The third kappa shape index (κ3) is 2.77. The van der Waals surface area contributed by atoms with E-state index in [1.807, 2.05) is 16.3 Å². The lowest BCUT2D eigenvalue weighted by atomic mass is 9.46. The molecule has 0 spiro atoms. The SMILES string of the molecule is CCn1ncc(Cl)c1CNC(=O)C12CC3CC(C1)CC(n1cnc(Cl)n1)(C3)C2. The Hall–Kier alpha value is -1.60. The van der Waals surface area contributed by atoms with Gasteiger partial charge in [-0.15, -0.1) is 5.10 Å². The van der Waals surface area contributed by atoms with E-state index >= 15 is 0 Å². The van der Waals surface area contributed by atoms with Crippen molar-refractivity contribution < 1.29 is 4.79 Å². The number of amides is 1. The monoisotopic (exact) mass is 422 g/mol. The smallest absolute Gasteiger partial charge is 0.242 e. The van der Waals surface area contributed by atoms with Crippen LogP contribution in [0.5, 0.6) is 0 Å². The third-order valence-corrected chi connectivity index (χ3v) is 7.56. The van der Waals surface area contributed by atoms with Crippen molar-refractivity contribution in [2.45, 2.75) is 64.1 Å². The highest BCUT2D eigenvalue weighted by Gasteiger charge is 2.61. The molecule has 28 heavy (non-hydrogen) atoms. The number of carbonyl (C=O) groups is 1. The second-order valence-electron chi connectivity index (χ2n) is 8.86. The number of hydrogen-bond acceptors (Lipinski definition) is 4. The largest absolute Gasteiger partial charge is 0.350 e. The van der Waals surface area contributed by atoms with Crippen molar-refractivity contribution in [3.8, 4) is 0 Å². The van der Waals surface area contributed by atoms with E-state index in [9.17, 15) is 4.79 Å². The van der Waals surface area contributed by atoms with Crippen LogP contribution in [0.15, 0.2) is 12.5 Å². The van der Waals surface area contributed by atoms with Crippen molar-refractivity contribution in [2.75, 3.05) is 0 Å². The molecule has 6 rings (SSSR count). The van der Waals surface area contributed by atoms with E-state index < -0.39 is 0 Å². The quantitative estimate of drug-likeness (QED) is 0.800. The molecular formula is C19H24Cl2N6O. The molecule has 2 aromatic rings. The van der Waals surface area contributed by atoms with E-state index in [0.29, 0.717) is 23.4 Å². The molecule has 9 heteroatoms.